The van der Waals surface area contributed by atoms with Crippen LogP contribution in [0.15, 0.2) is 152 Å². The minimum Gasteiger partial charge on any atom is -0.494 e. The highest BCUT2D eigenvalue weighted by molar-refractivity contribution is 6.33. The monoisotopic (exact) mass is 826 g/mol. The third kappa shape index (κ3) is 10.6. The van der Waals surface area contributed by atoms with Crippen molar-refractivity contribution in [3.63, 3.8) is 0 Å². The Morgan fingerprint density at radius 2 is 1.05 bits per heavy atom. The molecular formula is C51H51ClO8. The summed E-state index contributed by atoms with van der Waals surface area (Å²) < 4.78 is 53.3. The number of halogens is 1. The van der Waals surface area contributed by atoms with Gasteiger partial charge in [-0.15, -0.1) is 0 Å². The second kappa shape index (κ2) is 20.9. The summed E-state index contributed by atoms with van der Waals surface area (Å²) in [5.74, 6) is 1.84. The van der Waals surface area contributed by atoms with Crippen LogP contribution in [0, 0.1) is 0 Å². The molecule has 9 heteroatoms. The second-order valence-electron chi connectivity index (χ2n) is 14.9. The number of rotatable bonds is 18. The minimum atomic E-state index is -0.705. The van der Waals surface area contributed by atoms with E-state index in [1.807, 2.05) is 91.9 Å². The van der Waals surface area contributed by atoms with Crippen molar-refractivity contribution in [1.29, 1.82) is 0 Å². The third-order valence-corrected chi connectivity index (χ3v) is 11.1. The Morgan fingerprint density at radius 1 is 0.550 bits per heavy atom. The fourth-order valence-electron chi connectivity index (χ4n) is 7.73. The van der Waals surface area contributed by atoms with Crippen LogP contribution in [0.4, 0.5) is 0 Å². The van der Waals surface area contributed by atoms with Gasteiger partial charge in [-0.05, 0) is 64.9 Å². The molecule has 0 spiro atoms. The summed E-state index contributed by atoms with van der Waals surface area (Å²) in [6.07, 6.45) is -2.63. The van der Waals surface area contributed by atoms with Gasteiger partial charge in [0.25, 0.3) is 0 Å². The maximum Gasteiger partial charge on any atom is 0.180 e. The second-order valence-corrected chi connectivity index (χ2v) is 15.3. The van der Waals surface area contributed by atoms with Crippen molar-refractivity contribution in [2.24, 2.45) is 0 Å². The van der Waals surface area contributed by atoms with E-state index < -0.39 is 30.5 Å². The number of fused-ring (bicyclic) bond motifs is 1. The van der Waals surface area contributed by atoms with E-state index in [1.165, 1.54) is 0 Å². The quantitative estimate of drug-likeness (QED) is 0.0848. The Kier molecular flexibility index (Phi) is 14.4. The van der Waals surface area contributed by atoms with Crippen LogP contribution in [0.5, 0.6) is 17.2 Å². The molecule has 8 nitrogen and oxygen atoms in total. The van der Waals surface area contributed by atoms with Crippen molar-refractivity contribution in [1.82, 2.24) is 0 Å². The molecule has 6 aromatic carbocycles. The Bertz CT molecular complexity index is 2210. The number of hydrogen-bond donors (Lipinski definition) is 0. The Labute approximate surface area is 357 Å². The van der Waals surface area contributed by atoms with Gasteiger partial charge in [-0.25, -0.2) is 0 Å². The molecule has 0 bridgehead atoms. The lowest BCUT2D eigenvalue weighted by Crippen LogP contribution is -2.58. The Hall–Kier alpha value is -5.19. The van der Waals surface area contributed by atoms with Crippen LogP contribution in [0.25, 0.3) is 0 Å². The van der Waals surface area contributed by atoms with Gasteiger partial charge >= 0.3 is 0 Å². The summed E-state index contributed by atoms with van der Waals surface area (Å²) in [5.41, 5.74) is 6.83. The van der Waals surface area contributed by atoms with Gasteiger partial charge in [-0.2, -0.15) is 0 Å². The van der Waals surface area contributed by atoms with Crippen molar-refractivity contribution >= 4 is 11.6 Å². The average Bonchev–Trinajstić information content (AvgIpc) is 3.30. The maximum atomic E-state index is 7.30. The molecule has 1 saturated heterocycles. The molecular weight excluding hydrogens is 776 g/mol. The number of benzene rings is 6. The summed E-state index contributed by atoms with van der Waals surface area (Å²) in [5, 5.41) is 0.503. The third-order valence-electron chi connectivity index (χ3n) is 10.7. The molecule has 0 radical (unpaired) electrons. The summed E-state index contributed by atoms with van der Waals surface area (Å²) in [6, 6.07) is 50.7. The fraction of sp³-hybridized carbons (Fsp3) is 0.294. The zero-order chi connectivity index (χ0) is 40.9. The lowest BCUT2D eigenvalue weighted by molar-refractivity contribution is -0.275. The smallest absolute Gasteiger partial charge is 0.180 e. The van der Waals surface area contributed by atoms with E-state index in [0.29, 0.717) is 69.2 Å². The number of ether oxygens (including phenoxy) is 8. The molecule has 1 fully saturated rings. The zero-order valence-electron chi connectivity index (χ0n) is 33.8. The van der Waals surface area contributed by atoms with E-state index in [2.05, 4.69) is 66.7 Å². The summed E-state index contributed by atoms with van der Waals surface area (Å²) in [4.78, 5) is 0. The van der Waals surface area contributed by atoms with Crippen molar-refractivity contribution < 1.29 is 37.9 Å². The lowest BCUT2D eigenvalue weighted by Gasteiger charge is -2.47. The van der Waals surface area contributed by atoms with Gasteiger partial charge in [0.1, 0.15) is 49.5 Å². The molecule has 0 amide bonds. The van der Waals surface area contributed by atoms with E-state index in [0.717, 1.165) is 44.7 Å². The van der Waals surface area contributed by atoms with Crippen molar-refractivity contribution in [2.75, 3.05) is 26.4 Å². The van der Waals surface area contributed by atoms with Gasteiger partial charge in [0, 0.05) is 5.56 Å². The van der Waals surface area contributed by atoms with Gasteiger partial charge in [0.15, 0.2) is 11.5 Å². The van der Waals surface area contributed by atoms with Crippen LogP contribution >= 0.6 is 11.6 Å². The molecule has 310 valence electrons. The lowest BCUT2D eigenvalue weighted by atomic mass is 9.88. The van der Waals surface area contributed by atoms with E-state index in [-0.39, 0.29) is 6.61 Å². The molecule has 1 unspecified atom stereocenters. The molecule has 8 rings (SSSR count). The van der Waals surface area contributed by atoms with E-state index >= 15 is 0 Å². The molecule has 0 aromatic heterocycles. The van der Waals surface area contributed by atoms with E-state index in [9.17, 15) is 0 Å². The minimum absolute atomic E-state index is 0.230. The van der Waals surface area contributed by atoms with Crippen LogP contribution in [-0.2, 0) is 56.5 Å². The standard InChI is InChI=1S/C51H51ClO8/c1-2-54-42-25-23-36(24-26-42)29-41-30-43(46-49(45(41)52)56-28-27-55-46)47-50(58-33-39-19-11-5-12-20-39)51(59-34-40-21-13-6-14-22-40)48(57-32-38-17-9-4-10-18-38)44(60-47)35-53-31-37-15-7-3-8-16-37/h3-26,30,44,47-48,50-51H,2,27-29,31-35H2,1H3/t44?,47-,48+,50-,51-/m0/s1. The Balaban J connectivity index is 1.21. The fourth-order valence-corrected chi connectivity index (χ4v) is 7.99. The Morgan fingerprint density at radius 3 is 1.60 bits per heavy atom. The van der Waals surface area contributed by atoms with Gasteiger partial charge in [-0.3, -0.25) is 0 Å². The molecule has 5 atom stereocenters. The largest absolute Gasteiger partial charge is 0.494 e. The molecule has 60 heavy (non-hydrogen) atoms. The van der Waals surface area contributed by atoms with Crippen LogP contribution in [0.1, 0.15) is 52.0 Å². The van der Waals surface area contributed by atoms with Gasteiger partial charge in [-0.1, -0.05) is 145 Å². The average molecular weight is 827 g/mol. The SMILES string of the molecule is CCOc1ccc(Cc2cc([C@@H]3OC(COCc4ccccc4)[C@@H](OCc4ccccc4)[C@H](OCc4ccccc4)[C@H]3OCc3ccccc3)c3c(c2Cl)OCCO3)cc1. The highest BCUT2D eigenvalue weighted by Crippen LogP contribution is 2.49. The van der Waals surface area contributed by atoms with E-state index in [1.54, 1.807) is 0 Å². The predicted octanol–water partition coefficient (Wildman–Crippen LogP) is 10.5. The first-order chi connectivity index (χ1) is 29.6. The summed E-state index contributed by atoms with van der Waals surface area (Å²) in [6.45, 7) is 4.90. The molecule has 0 aliphatic carbocycles. The molecule has 0 N–H and O–H groups in total. The van der Waals surface area contributed by atoms with Crippen molar-refractivity contribution in [3.8, 4) is 17.2 Å². The van der Waals surface area contributed by atoms with Crippen LogP contribution < -0.4 is 14.2 Å². The van der Waals surface area contributed by atoms with E-state index in [4.69, 9.17) is 49.5 Å². The van der Waals surface area contributed by atoms with Crippen molar-refractivity contribution in [3.05, 3.63) is 196 Å². The van der Waals surface area contributed by atoms with Gasteiger partial charge < -0.3 is 37.9 Å². The molecule has 2 aliphatic heterocycles. The number of hydrogen-bond acceptors (Lipinski definition) is 8. The summed E-state index contributed by atoms with van der Waals surface area (Å²) >= 11 is 7.20. The van der Waals surface area contributed by atoms with Gasteiger partial charge in [0.05, 0.1) is 44.7 Å². The molecule has 6 aromatic rings. The highest BCUT2D eigenvalue weighted by Gasteiger charge is 2.50. The van der Waals surface area contributed by atoms with Crippen molar-refractivity contribution in [2.45, 2.75) is 70.3 Å². The molecule has 0 saturated carbocycles. The first-order valence-electron chi connectivity index (χ1n) is 20.7. The first kappa shape index (κ1) is 41.5. The first-order valence-corrected chi connectivity index (χ1v) is 21.1. The highest BCUT2D eigenvalue weighted by atomic mass is 35.5. The summed E-state index contributed by atoms with van der Waals surface area (Å²) in [7, 11) is 0. The van der Waals surface area contributed by atoms with Crippen LogP contribution in [0.2, 0.25) is 5.02 Å². The van der Waals surface area contributed by atoms with Crippen LogP contribution in [-0.4, -0.2) is 50.8 Å². The normalized spacial score (nSPS) is 19.8. The predicted molar refractivity (Wildman–Crippen MR) is 232 cm³/mol. The topological polar surface area (TPSA) is 73.8 Å². The van der Waals surface area contributed by atoms with Gasteiger partial charge in [0.2, 0.25) is 0 Å². The maximum absolute atomic E-state index is 7.30. The van der Waals surface area contributed by atoms with Crippen LogP contribution in [0.3, 0.4) is 0 Å². The molecule has 2 aliphatic rings. The zero-order valence-corrected chi connectivity index (χ0v) is 34.6. The molecule has 2 heterocycles.